The molecule has 6 rings (SSSR count). The smallest absolute Gasteiger partial charge is 0.275 e. The Morgan fingerprint density at radius 1 is 1.19 bits per heavy atom. The number of hydrogen-bond donors (Lipinski definition) is 1. The van der Waals surface area contributed by atoms with Gasteiger partial charge in [-0.25, -0.2) is 9.97 Å². The summed E-state index contributed by atoms with van der Waals surface area (Å²) in [5.74, 6) is 0. The quantitative estimate of drug-likeness (QED) is 0.509. The van der Waals surface area contributed by atoms with E-state index in [1.165, 1.54) is 24.2 Å². The van der Waals surface area contributed by atoms with Crippen molar-refractivity contribution in [3.63, 3.8) is 0 Å². The van der Waals surface area contributed by atoms with Crippen molar-refractivity contribution < 1.29 is 4.42 Å². The highest BCUT2D eigenvalue weighted by Crippen LogP contribution is 2.36. The van der Waals surface area contributed by atoms with Gasteiger partial charge in [0, 0.05) is 23.3 Å². The molecule has 0 saturated heterocycles. The van der Waals surface area contributed by atoms with Crippen LogP contribution in [0.3, 0.4) is 0 Å². The molecule has 1 fully saturated rings. The maximum Gasteiger partial charge on any atom is 0.275 e. The van der Waals surface area contributed by atoms with Crippen LogP contribution in [0.1, 0.15) is 12.8 Å². The van der Waals surface area contributed by atoms with Crippen molar-refractivity contribution in [3.8, 4) is 5.69 Å². The molecule has 0 aliphatic heterocycles. The van der Waals surface area contributed by atoms with E-state index in [1.807, 2.05) is 30.3 Å². The van der Waals surface area contributed by atoms with Crippen molar-refractivity contribution in [2.45, 2.75) is 18.9 Å². The van der Waals surface area contributed by atoms with Gasteiger partial charge in [-0.2, -0.15) is 0 Å². The van der Waals surface area contributed by atoms with Gasteiger partial charge < -0.3 is 9.73 Å². The molecule has 5 aromatic rings. The molecule has 1 N–H and O–H groups in total. The highest BCUT2D eigenvalue weighted by Gasteiger charge is 2.23. The van der Waals surface area contributed by atoms with E-state index in [4.69, 9.17) is 4.42 Å². The number of thiophene rings is 1. The number of pyridine rings is 1. The minimum atomic E-state index is -0.0804. The molecule has 0 bridgehead atoms. The second-order valence-electron chi connectivity index (χ2n) is 6.80. The molecule has 1 saturated carbocycles. The molecule has 0 radical (unpaired) electrons. The molecule has 4 heterocycles. The lowest BCUT2D eigenvalue weighted by molar-refractivity contribution is 0.616. The van der Waals surface area contributed by atoms with Gasteiger partial charge in [0.2, 0.25) is 0 Å². The number of nitrogens with zero attached hydrogens (tertiary/aromatic N) is 3. The maximum atomic E-state index is 13.2. The molecule has 7 heteroatoms. The fraction of sp³-hybridized carbons (Fsp3) is 0.150. The average molecular weight is 374 g/mol. The number of benzene rings is 1. The number of hydrogen-bond acceptors (Lipinski definition) is 6. The monoisotopic (exact) mass is 374 g/mol. The predicted octanol–water partition coefficient (Wildman–Crippen LogP) is 4.32. The molecule has 6 nitrogen and oxygen atoms in total. The first kappa shape index (κ1) is 14.9. The standard InChI is InChI=1S/C20H14N4O2S/c25-20-18-17(16-14(23-12-1-2-12)5-7-21-19(16)27-18)22-10-24(20)13-3-4-15-11(9-13)6-8-26-15/h3-10,12H,1-2H2,(H,21,23). The number of anilines is 1. The van der Waals surface area contributed by atoms with Gasteiger partial charge in [-0.3, -0.25) is 9.36 Å². The largest absolute Gasteiger partial charge is 0.464 e. The maximum absolute atomic E-state index is 13.2. The number of rotatable bonds is 3. The van der Waals surface area contributed by atoms with Crippen molar-refractivity contribution in [2.75, 3.05) is 5.32 Å². The lowest BCUT2D eigenvalue weighted by Gasteiger charge is -2.07. The van der Waals surface area contributed by atoms with E-state index in [2.05, 4.69) is 15.3 Å². The summed E-state index contributed by atoms with van der Waals surface area (Å²) in [6.07, 6.45) is 7.40. The zero-order valence-electron chi connectivity index (χ0n) is 14.2. The van der Waals surface area contributed by atoms with Crippen molar-refractivity contribution in [1.29, 1.82) is 0 Å². The lowest BCUT2D eigenvalue weighted by Crippen LogP contribution is -2.17. The van der Waals surface area contributed by atoms with Crippen molar-refractivity contribution in [1.82, 2.24) is 14.5 Å². The van der Waals surface area contributed by atoms with Gasteiger partial charge >= 0.3 is 0 Å². The molecule has 132 valence electrons. The van der Waals surface area contributed by atoms with Gasteiger partial charge in [0.1, 0.15) is 21.4 Å². The first-order valence-electron chi connectivity index (χ1n) is 8.81. The summed E-state index contributed by atoms with van der Waals surface area (Å²) in [6, 6.07) is 10.0. The third kappa shape index (κ3) is 2.28. The summed E-state index contributed by atoms with van der Waals surface area (Å²) in [5, 5.41) is 5.42. The number of aromatic nitrogens is 3. The molecule has 1 aromatic carbocycles. The molecule has 0 atom stereocenters. The van der Waals surface area contributed by atoms with Crippen LogP contribution in [0.2, 0.25) is 0 Å². The summed E-state index contributed by atoms with van der Waals surface area (Å²) >= 11 is 1.40. The van der Waals surface area contributed by atoms with Gasteiger partial charge in [-0.15, -0.1) is 11.3 Å². The number of nitrogens with one attached hydrogen (secondary N) is 1. The molecule has 1 aliphatic carbocycles. The minimum Gasteiger partial charge on any atom is -0.464 e. The zero-order valence-corrected chi connectivity index (χ0v) is 15.0. The zero-order chi connectivity index (χ0) is 18.0. The SMILES string of the molecule is O=c1c2sc3nccc(NC4CC4)c3c2ncn1-c1ccc2occc2c1. The van der Waals surface area contributed by atoms with Crippen LogP contribution in [0.25, 0.3) is 37.1 Å². The Balaban J connectivity index is 1.59. The summed E-state index contributed by atoms with van der Waals surface area (Å²) in [7, 11) is 0. The van der Waals surface area contributed by atoms with E-state index < -0.39 is 0 Å². The van der Waals surface area contributed by atoms with Crippen LogP contribution in [0.15, 0.2) is 58.3 Å². The van der Waals surface area contributed by atoms with Crippen LogP contribution in [-0.2, 0) is 0 Å². The molecule has 0 unspecified atom stereocenters. The van der Waals surface area contributed by atoms with Crippen LogP contribution in [0.5, 0.6) is 0 Å². The summed E-state index contributed by atoms with van der Waals surface area (Å²) in [4.78, 5) is 23.1. The van der Waals surface area contributed by atoms with E-state index in [-0.39, 0.29) is 5.56 Å². The van der Waals surface area contributed by atoms with Crippen LogP contribution < -0.4 is 10.9 Å². The topological polar surface area (TPSA) is 73.0 Å². The van der Waals surface area contributed by atoms with Crippen LogP contribution in [0.4, 0.5) is 5.69 Å². The fourth-order valence-electron chi connectivity index (χ4n) is 3.41. The second kappa shape index (κ2) is 5.40. The van der Waals surface area contributed by atoms with E-state index in [0.717, 1.165) is 38.1 Å². The Morgan fingerprint density at radius 3 is 3.00 bits per heavy atom. The Hall–Kier alpha value is -3.19. The Bertz CT molecular complexity index is 1390. The highest BCUT2D eigenvalue weighted by molar-refractivity contribution is 7.25. The molecule has 1 aliphatic rings. The first-order chi connectivity index (χ1) is 13.3. The first-order valence-corrected chi connectivity index (χ1v) is 9.62. The molecular formula is C20H14N4O2S. The van der Waals surface area contributed by atoms with Crippen LogP contribution in [0, 0.1) is 0 Å². The lowest BCUT2D eigenvalue weighted by atomic mass is 10.2. The third-order valence-electron chi connectivity index (χ3n) is 4.93. The third-order valence-corrected chi connectivity index (χ3v) is 6.01. The normalized spacial score (nSPS) is 14.4. The predicted molar refractivity (Wildman–Crippen MR) is 107 cm³/mol. The minimum absolute atomic E-state index is 0.0804. The van der Waals surface area contributed by atoms with E-state index in [9.17, 15) is 4.79 Å². The van der Waals surface area contributed by atoms with Crippen LogP contribution in [-0.4, -0.2) is 20.6 Å². The van der Waals surface area contributed by atoms with E-state index in [0.29, 0.717) is 10.7 Å². The van der Waals surface area contributed by atoms with Gasteiger partial charge in [0.25, 0.3) is 5.56 Å². The number of fused-ring (bicyclic) bond motifs is 4. The molecule has 27 heavy (non-hydrogen) atoms. The summed E-state index contributed by atoms with van der Waals surface area (Å²) in [5.41, 5.74) is 3.21. The molecular weight excluding hydrogens is 360 g/mol. The second-order valence-corrected chi connectivity index (χ2v) is 7.80. The summed E-state index contributed by atoms with van der Waals surface area (Å²) < 4.78 is 7.59. The van der Waals surface area contributed by atoms with Gasteiger partial charge in [-0.1, -0.05) is 0 Å². The fourth-order valence-corrected chi connectivity index (χ4v) is 4.46. The Labute approximate surface area is 157 Å². The van der Waals surface area contributed by atoms with E-state index >= 15 is 0 Å². The molecule has 4 aromatic heterocycles. The van der Waals surface area contributed by atoms with Crippen molar-refractivity contribution >= 4 is 48.4 Å². The van der Waals surface area contributed by atoms with Crippen LogP contribution >= 0.6 is 11.3 Å². The molecule has 0 amide bonds. The van der Waals surface area contributed by atoms with Crippen molar-refractivity contribution in [2.24, 2.45) is 0 Å². The Kier molecular flexibility index (Phi) is 2.99. The Morgan fingerprint density at radius 2 is 2.11 bits per heavy atom. The highest BCUT2D eigenvalue weighted by atomic mass is 32.1. The average Bonchev–Trinajstić information content (AvgIpc) is 3.23. The van der Waals surface area contributed by atoms with E-state index in [1.54, 1.807) is 23.4 Å². The van der Waals surface area contributed by atoms with Crippen molar-refractivity contribution in [3.05, 3.63) is 59.5 Å². The number of furan rings is 1. The molecule has 0 spiro atoms. The van der Waals surface area contributed by atoms with Gasteiger partial charge in [0.05, 0.1) is 22.9 Å². The van der Waals surface area contributed by atoms with Gasteiger partial charge in [-0.05, 0) is 43.2 Å². The summed E-state index contributed by atoms with van der Waals surface area (Å²) in [6.45, 7) is 0. The van der Waals surface area contributed by atoms with Gasteiger partial charge in [0.15, 0.2) is 0 Å².